The molecular formula is C21H22N2O4. The quantitative estimate of drug-likeness (QED) is 0.727. The van der Waals surface area contributed by atoms with E-state index in [-0.39, 0.29) is 18.0 Å². The molecule has 6 heteroatoms. The molecule has 1 amide bonds. The molecule has 2 N–H and O–H groups in total. The van der Waals surface area contributed by atoms with Crippen molar-refractivity contribution in [3.05, 3.63) is 69.0 Å². The average Bonchev–Trinajstić information content (AvgIpc) is 2.67. The minimum atomic E-state index is -0.296. The summed E-state index contributed by atoms with van der Waals surface area (Å²) < 4.78 is 10.4. The van der Waals surface area contributed by atoms with Crippen molar-refractivity contribution < 1.29 is 14.3 Å². The second-order valence-corrected chi connectivity index (χ2v) is 6.40. The molecule has 140 valence electrons. The zero-order valence-corrected chi connectivity index (χ0v) is 15.8. The summed E-state index contributed by atoms with van der Waals surface area (Å²) in [4.78, 5) is 27.6. The number of H-pyrrole nitrogens is 1. The molecule has 1 aromatic heterocycles. The first-order valence-electron chi connectivity index (χ1n) is 8.56. The van der Waals surface area contributed by atoms with Crippen molar-refractivity contribution in [2.75, 3.05) is 14.2 Å². The predicted molar refractivity (Wildman–Crippen MR) is 105 cm³/mol. The molecule has 1 heterocycles. The highest BCUT2D eigenvalue weighted by atomic mass is 16.5. The number of amides is 1. The topological polar surface area (TPSA) is 80.4 Å². The molecular weight excluding hydrogens is 344 g/mol. The van der Waals surface area contributed by atoms with Crippen molar-refractivity contribution in [3.8, 4) is 11.5 Å². The first-order chi connectivity index (χ1) is 12.9. The van der Waals surface area contributed by atoms with Crippen molar-refractivity contribution in [1.29, 1.82) is 0 Å². The van der Waals surface area contributed by atoms with Crippen LogP contribution in [0.15, 0.2) is 41.2 Å². The molecule has 0 saturated carbocycles. The van der Waals surface area contributed by atoms with E-state index < -0.39 is 0 Å². The van der Waals surface area contributed by atoms with Crippen LogP contribution in [0.25, 0.3) is 10.9 Å². The zero-order chi connectivity index (χ0) is 19.6. The monoisotopic (exact) mass is 366 g/mol. The van der Waals surface area contributed by atoms with Crippen LogP contribution < -0.4 is 20.3 Å². The third-order valence-electron chi connectivity index (χ3n) is 4.62. The Kier molecular flexibility index (Phi) is 5.16. The van der Waals surface area contributed by atoms with E-state index in [0.717, 1.165) is 22.0 Å². The lowest BCUT2D eigenvalue weighted by atomic mass is 10.0. The van der Waals surface area contributed by atoms with Gasteiger partial charge in [0.15, 0.2) is 11.5 Å². The van der Waals surface area contributed by atoms with Crippen LogP contribution in [-0.2, 0) is 6.54 Å². The largest absolute Gasteiger partial charge is 0.493 e. The lowest BCUT2D eigenvalue weighted by Gasteiger charge is -2.10. The molecule has 6 nitrogen and oxygen atoms in total. The van der Waals surface area contributed by atoms with E-state index in [1.807, 2.05) is 32.0 Å². The van der Waals surface area contributed by atoms with Crippen LogP contribution >= 0.6 is 0 Å². The van der Waals surface area contributed by atoms with Crippen LogP contribution in [0.2, 0.25) is 0 Å². The number of aryl methyl sites for hydroxylation is 2. The first-order valence-corrected chi connectivity index (χ1v) is 8.56. The van der Waals surface area contributed by atoms with Gasteiger partial charge in [-0.25, -0.2) is 0 Å². The van der Waals surface area contributed by atoms with E-state index in [1.165, 1.54) is 14.2 Å². The maximum absolute atomic E-state index is 12.4. The smallest absolute Gasteiger partial charge is 0.253 e. The van der Waals surface area contributed by atoms with Gasteiger partial charge in [0.25, 0.3) is 11.5 Å². The highest BCUT2D eigenvalue weighted by Gasteiger charge is 2.12. The van der Waals surface area contributed by atoms with E-state index in [2.05, 4.69) is 10.3 Å². The van der Waals surface area contributed by atoms with Gasteiger partial charge >= 0.3 is 0 Å². The molecule has 0 spiro atoms. The molecule has 3 rings (SSSR count). The Morgan fingerprint density at radius 3 is 2.41 bits per heavy atom. The normalized spacial score (nSPS) is 10.7. The van der Waals surface area contributed by atoms with Crippen molar-refractivity contribution in [2.24, 2.45) is 0 Å². The lowest BCUT2D eigenvalue weighted by molar-refractivity contribution is 0.0950. The number of fused-ring (bicyclic) bond motifs is 1. The van der Waals surface area contributed by atoms with E-state index in [4.69, 9.17) is 9.47 Å². The van der Waals surface area contributed by atoms with Crippen LogP contribution in [0, 0.1) is 13.8 Å². The maximum atomic E-state index is 12.4. The SMILES string of the molecule is COc1ccc(C(=O)NCc2cc3cc(C)c(C)cc3[nH]c2=O)cc1OC. The Balaban J connectivity index is 1.82. The Morgan fingerprint density at radius 1 is 1.00 bits per heavy atom. The van der Waals surface area contributed by atoms with Crippen molar-refractivity contribution in [2.45, 2.75) is 20.4 Å². The van der Waals surface area contributed by atoms with E-state index in [0.29, 0.717) is 22.6 Å². The number of hydrogen-bond acceptors (Lipinski definition) is 4. The van der Waals surface area contributed by atoms with Gasteiger partial charge in [0.05, 0.1) is 14.2 Å². The van der Waals surface area contributed by atoms with E-state index in [1.54, 1.807) is 18.2 Å². The van der Waals surface area contributed by atoms with Gasteiger partial charge in [-0.1, -0.05) is 0 Å². The van der Waals surface area contributed by atoms with Crippen LogP contribution in [0.1, 0.15) is 27.0 Å². The van der Waals surface area contributed by atoms with Gasteiger partial charge in [-0.2, -0.15) is 0 Å². The molecule has 3 aromatic rings. The zero-order valence-electron chi connectivity index (χ0n) is 15.8. The number of benzene rings is 2. The summed E-state index contributed by atoms with van der Waals surface area (Å²) in [5, 5.41) is 3.72. The number of pyridine rings is 1. The Hall–Kier alpha value is -3.28. The molecule has 2 aromatic carbocycles. The standard InChI is InChI=1S/C21H22N2O4/c1-12-7-15-9-16(21(25)23-17(15)8-13(12)2)11-22-20(24)14-5-6-18(26-3)19(10-14)27-4/h5-10H,11H2,1-4H3,(H,22,24)(H,23,25). The van der Waals surface area contributed by atoms with Gasteiger partial charge in [-0.15, -0.1) is 0 Å². The van der Waals surface area contributed by atoms with Gasteiger partial charge in [0.2, 0.25) is 0 Å². The van der Waals surface area contributed by atoms with Crippen molar-refractivity contribution in [1.82, 2.24) is 10.3 Å². The molecule has 0 aliphatic heterocycles. The number of methoxy groups -OCH3 is 2. The number of aromatic amines is 1. The van der Waals surface area contributed by atoms with Crippen LogP contribution in [0.5, 0.6) is 11.5 Å². The van der Waals surface area contributed by atoms with Gasteiger partial charge in [0.1, 0.15) is 0 Å². The predicted octanol–water partition coefficient (Wildman–Crippen LogP) is 3.09. The molecule has 0 unspecified atom stereocenters. The second kappa shape index (κ2) is 7.53. The number of carbonyl (C=O) groups excluding carboxylic acids is 1. The van der Waals surface area contributed by atoms with Crippen LogP contribution in [0.4, 0.5) is 0 Å². The molecule has 0 atom stereocenters. The summed E-state index contributed by atoms with van der Waals surface area (Å²) >= 11 is 0. The minimum absolute atomic E-state index is 0.130. The van der Waals surface area contributed by atoms with Crippen molar-refractivity contribution >= 4 is 16.8 Å². The molecule has 0 aliphatic carbocycles. The average molecular weight is 366 g/mol. The fraction of sp³-hybridized carbons (Fsp3) is 0.238. The molecule has 0 radical (unpaired) electrons. The van der Waals surface area contributed by atoms with E-state index in [9.17, 15) is 9.59 Å². The molecule has 0 fully saturated rings. The number of ether oxygens (including phenoxy) is 2. The first kappa shape index (κ1) is 18.5. The number of nitrogens with one attached hydrogen (secondary N) is 2. The van der Waals surface area contributed by atoms with Gasteiger partial charge in [-0.05, 0) is 66.8 Å². The fourth-order valence-corrected chi connectivity index (χ4v) is 2.91. The van der Waals surface area contributed by atoms with E-state index >= 15 is 0 Å². The summed E-state index contributed by atoms with van der Waals surface area (Å²) in [6.45, 7) is 4.16. The van der Waals surface area contributed by atoms with Crippen LogP contribution in [0.3, 0.4) is 0 Å². The van der Waals surface area contributed by atoms with Gasteiger partial charge < -0.3 is 19.8 Å². The molecule has 0 bridgehead atoms. The highest BCUT2D eigenvalue weighted by molar-refractivity contribution is 5.95. The molecule has 0 saturated heterocycles. The Bertz CT molecular complexity index is 1070. The summed E-state index contributed by atoms with van der Waals surface area (Å²) in [7, 11) is 3.05. The highest BCUT2D eigenvalue weighted by Crippen LogP contribution is 2.27. The summed E-state index contributed by atoms with van der Waals surface area (Å²) in [6.07, 6.45) is 0. The number of rotatable bonds is 5. The van der Waals surface area contributed by atoms with Gasteiger partial charge in [0, 0.05) is 23.2 Å². The number of hydrogen-bond donors (Lipinski definition) is 2. The summed E-state index contributed by atoms with van der Waals surface area (Å²) in [5.41, 5.74) is 3.77. The summed E-state index contributed by atoms with van der Waals surface area (Å²) in [5.74, 6) is 0.723. The Morgan fingerprint density at radius 2 is 1.70 bits per heavy atom. The number of aromatic nitrogens is 1. The third kappa shape index (κ3) is 3.79. The minimum Gasteiger partial charge on any atom is -0.493 e. The number of carbonyl (C=O) groups is 1. The summed E-state index contributed by atoms with van der Waals surface area (Å²) in [6, 6.07) is 10.7. The fourth-order valence-electron chi connectivity index (χ4n) is 2.91. The lowest BCUT2D eigenvalue weighted by Crippen LogP contribution is -2.26. The van der Waals surface area contributed by atoms with Crippen LogP contribution in [-0.4, -0.2) is 25.1 Å². The van der Waals surface area contributed by atoms with Gasteiger partial charge in [-0.3, -0.25) is 9.59 Å². The Labute approximate surface area is 157 Å². The second-order valence-electron chi connectivity index (χ2n) is 6.40. The third-order valence-corrected chi connectivity index (χ3v) is 4.62. The van der Waals surface area contributed by atoms with Crippen molar-refractivity contribution in [3.63, 3.8) is 0 Å². The molecule has 27 heavy (non-hydrogen) atoms. The molecule has 0 aliphatic rings. The maximum Gasteiger partial charge on any atom is 0.253 e.